The highest BCUT2D eigenvalue weighted by Crippen LogP contribution is 2.26. The number of esters is 1. The number of benzene rings is 1. The molecule has 1 aliphatic rings. The number of carbonyl (C=O) groups is 1. The Morgan fingerprint density at radius 3 is 2.52 bits per heavy atom. The Bertz CT molecular complexity index is 720. The highest BCUT2D eigenvalue weighted by Gasteiger charge is 2.22. The Hall–Kier alpha value is -2.31. The van der Waals surface area contributed by atoms with E-state index >= 15 is 0 Å². The summed E-state index contributed by atoms with van der Waals surface area (Å²) in [6.07, 6.45) is 3.79. The second-order valence-corrected chi connectivity index (χ2v) is 6.77. The van der Waals surface area contributed by atoms with Crippen molar-refractivity contribution in [3.05, 3.63) is 53.5 Å². The van der Waals surface area contributed by atoms with Gasteiger partial charge in [-0.25, -0.2) is 4.79 Å². The molecule has 0 bridgehead atoms. The Kier molecular flexibility index (Phi) is 6.90. The molecular weight excluding hydrogens is 344 g/mol. The molecule has 3 rings (SSSR count). The number of likely N-dealkylation sites (tertiary alicyclic amines) is 1. The molecule has 6 heteroatoms. The maximum atomic E-state index is 11.5. The highest BCUT2D eigenvalue weighted by atomic mass is 16.5. The largest absolute Gasteiger partial charge is 0.497 e. The molecule has 2 heterocycles. The summed E-state index contributed by atoms with van der Waals surface area (Å²) in [5.41, 5.74) is 1.28. The summed E-state index contributed by atoms with van der Waals surface area (Å²) in [6, 6.07) is 12.1. The van der Waals surface area contributed by atoms with Gasteiger partial charge < -0.3 is 19.2 Å². The normalized spacial score (nSPS) is 16.1. The fourth-order valence-electron chi connectivity index (χ4n) is 3.53. The van der Waals surface area contributed by atoms with Gasteiger partial charge in [-0.3, -0.25) is 4.90 Å². The minimum Gasteiger partial charge on any atom is -0.497 e. The van der Waals surface area contributed by atoms with Crippen LogP contribution < -0.4 is 10.1 Å². The number of furan rings is 1. The maximum Gasteiger partial charge on any atom is 0.373 e. The number of nitrogens with zero attached hydrogens (tertiary/aromatic N) is 1. The van der Waals surface area contributed by atoms with E-state index in [1.54, 1.807) is 13.2 Å². The van der Waals surface area contributed by atoms with Gasteiger partial charge in [-0.15, -0.1) is 0 Å². The van der Waals surface area contributed by atoms with Gasteiger partial charge in [-0.05, 0) is 55.8 Å². The third kappa shape index (κ3) is 5.11. The van der Waals surface area contributed by atoms with Gasteiger partial charge in [0.25, 0.3) is 0 Å². The van der Waals surface area contributed by atoms with Crippen LogP contribution in [0.15, 0.2) is 40.8 Å². The molecule has 27 heavy (non-hydrogen) atoms. The monoisotopic (exact) mass is 372 g/mol. The zero-order valence-corrected chi connectivity index (χ0v) is 16.1. The van der Waals surface area contributed by atoms with Crippen LogP contribution in [0, 0.1) is 0 Å². The van der Waals surface area contributed by atoms with Crippen LogP contribution >= 0.6 is 0 Å². The Morgan fingerprint density at radius 1 is 1.11 bits per heavy atom. The summed E-state index contributed by atoms with van der Waals surface area (Å²) < 4.78 is 15.5. The summed E-state index contributed by atoms with van der Waals surface area (Å²) in [7, 11) is 3.03. The summed E-state index contributed by atoms with van der Waals surface area (Å²) in [5.74, 6) is 1.38. The van der Waals surface area contributed by atoms with Crippen molar-refractivity contribution >= 4 is 5.97 Å². The summed E-state index contributed by atoms with van der Waals surface area (Å²) in [4.78, 5) is 14.0. The lowest BCUT2D eigenvalue weighted by Gasteiger charge is -2.35. The number of hydrogen-bond donors (Lipinski definition) is 1. The van der Waals surface area contributed by atoms with E-state index in [0.717, 1.165) is 31.1 Å². The van der Waals surface area contributed by atoms with Crippen LogP contribution in [0.25, 0.3) is 0 Å². The molecule has 146 valence electrons. The van der Waals surface area contributed by atoms with Crippen LogP contribution in [-0.2, 0) is 11.3 Å². The molecule has 1 aromatic heterocycles. The number of piperidine rings is 1. The van der Waals surface area contributed by atoms with Crippen LogP contribution in [0.2, 0.25) is 0 Å². The topological polar surface area (TPSA) is 63.9 Å². The van der Waals surface area contributed by atoms with Gasteiger partial charge >= 0.3 is 5.97 Å². The minimum absolute atomic E-state index is 0.233. The number of hydrogen-bond acceptors (Lipinski definition) is 6. The molecule has 1 atom stereocenters. The fourth-order valence-corrected chi connectivity index (χ4v) is 3.53. The van der Waals surface area contributed by atoms with E-state index in [2.05, 4.69) is 27.1 Å². The molecular formula is C21H28N2O4. The van der Waals surface area contributed by atoms with Crippen LogP contribution in [0.4, 0.5) is 0 Å². The molecule has 1 aliphatic heterocycles. The molecule has 0 saturated carbocycles. The predicted octanol–water partition coefficient (Wildman–Crippen LogP) is 3.39. The minimum atomic E-state index is -0.453. The number of nitrogens with one attached hydrogen (secondary N) is 1. The van der Waals surface area contributed by atoms with Crippen molar-refractivity contribution in [2.24, 2.45) is 0 Å². The number of methoxy groups -OCH3 is 2. The fraction of sp³-hybridized carbons (Fsp3) is 0.476. The second kappa shape index (κ2) is 9.58. The molecule has 0 amide bonds. The lowest BCUT2D eigenvalue weighted by Crippen LogP contribution is -2.39. The van der Waals surface area contributed by atoms with Crippen molar-refractivity contribution in [3.8, 4) is 5.75 Å². The van der Waals surface area contributed by atoms with E-state index < -0.39 is 5.97 Å². The van der Waals surface area contributed by atoms with E-state index in [9.17, 15) is 4.79 Å². The predicted molar refractivity (Wildman–Crippen MR) is 103 cm³/mol. The smallest absolute Gasteiger partial charge is 0.373 e. The summed E-state index contributed by atoms with van der Waals surface area (Å²) in [6.45, 7) is 3.61. The molecule has 1 unspecified atom stereocenters. The van der Waals surface area contributed by atoms with Gasteiger partial charge in [0.2, 0.25) is 5.76 Å². The van der Waals surface area contributed by atoms with Crippen molar-refractivity contribution < 1.29 is 18.7 Å². The average Bonchev–Trinajstić information content (AvgIpc) is 3.20. The van der Waals surface area contributed by atoms with Crippen LogP contribution in [0.5, 0.6) is 5.75 Å². The van der Waals surface area contributed by atoms with Crippen molar-refractivity contribution in [1.82, 2.24) is 10.2 Å². The zero-order chi connectivity index (χ0) is 19.1. The number of carbonyl (C=O) groups excluding carboxylic acids is 1. The van der Waals surface area contributed by atoms with Crippen LogP contribution in [0.1, 0.15) is 47.2 Å². The van der Waals surface area contributed by atoms with Crippen molar-refractivity contribution in [2.45, 2.75) is 31.8 Å². The average molecular weight is 372 g/mol. The zero-order valence-electron chi connectivity index (χ0n) is 16.1. The van der Waals surface area contributed by atoms with Gasteiger partial charge in [-0.2, -0.15) is 0 Å². The molecule has 0 spiro atoms. The van der Waals surface area contributed by atoms with Gasteiger partial charge in [0.05, 0.1) is 20.8 Å². The van der Waals surface area contributed by atoms with Gasteiger partial charge in [0.15, 0.2) is 0 Å². The van der Waals surface area contributed by atoms with E-state index in [1.807, 2.05) is 18.2 Å². The van der Waals surface area contributed by atoms with Crippen molar-refractivity contribution in [1.29, 1.82) is 0 Å². The van der Waals surface area contributed by atoms with Crippen LogP contribution in [-0.4, -0.2) is 44.7 Å². The van der Waals surface area contributed by atoms with E-state index in [-0.39, 0.29) is 5.76 Å². The van der Waals surface area contributed by atoms with E-state index in [1.165, 1.54) is 31.9 Å². The molecule has 1 N–H and O–H groups in total. The lowest BCUT2D eigenvalue weighted by molar-refractivity contribution is 0.0562. The number of rotatable bonds is 8. The van der Waals surface area contributed by atoms with E-state index in [0.29, 0.717) is 12.6 Å². The van der Waals surface area contributed by atoms with Crippen molar-refractivity contribution in [2.75, 3.05) is 33.9 Å². The Balaban J connectivity index is 1.63. The van der Waals surface area contributed by atoms with Gasteiger partial charge in [-0.1, -0.05) is 18.6 Å². The first-order chi connectivity index (χ1) is 13.2. The third-order valence-electron chi connectivity index (χ3n) is 5.02. The molecule has 2 aromatic rings. The van der Waals surface area contributed by atoms with Gasteiger partial charge in [0, 0.05) is 12.6 Å². The summed E-state index contributed by atoms with van der Waals surface area (Å²) >= 11 is 0. The first-order valence-electron chi connectivity index (χ1n) is 9.47. The quantitative estimate of drug-likeness (QED) is 0.717. The molecule has 6 nitrogen and oxygen atoms in total. The Labute approximate surface area is 160 Å². The highest BCUT2D eigenvalue weighted by molar-refractivity contribution is 5.86. The van der Waals surface area contributed by atoms with Gasteiger partial charge in [0.1, 0.15) is 11.5 Å². The molecule has 1 aromatic carbocycles. The number of ether oxygens (including phenoxy) is 2. The standard InChI is InChI=1S/C21H28N2O4/c1-25-17-8-6-16(7-9-17)19(23-12-4-3-5-13-23)15-22-14-18-10-11-20(27-18)21(24)26-2/h6-11,19,22H,3-5,12-15H2,1-2H3. The van der Waals surface area contributed by atoms with Crippen molar-refractivity contribution in [3.63, 3.8) is 0 Å². The molecule has 1 fully saturated rings. The molecule has 0 aliphatic carbocycles. The first-order valence-corrected chi connectivity index (χ1v) is 9.47. The molecule has 1 saturated heterocycles. The lowest BCUT2D eigenvalue weighted by atomic mass is 10.0. The summed E-state index contributed by atoms with van der Waals surface area (Å²) in [5, 5.41) is 3.48. The second-order valence-electron chi connectivity index (χ2n) is 6.77. The Morgan fingerprint density at radius 2 is 1.85 bits per heavy atom. The SMILES string of the molecule is COC(=O)c1ccc(CNCC(c2ccc(OC)cc2)N2CCCCC2)o1. The third-order valence-corrected chi connectivity index (χ3v) is 5.02. The molecule has 0 radical (unpaired) electrons. The maximum absolute atomic E-state index is 11.5. The van der Waals surface area contributed by atoms with Crippen LogP contribution in [0.3, 0.4) is 0 Å². The first kappa shape index (κ1) is 19.5. The van der Waals surface area contributed by atoms with E-state index in [4.69, 9.17) is 9.15 Å².